The molecule has 0 heterocycles. The largest absolute Gasteiger partial charge is 0.0990 e. The third-order valence-corrected chi connectivity index (χ3v) is 2.56. The van der Waals surface area contributed by atoms with E-state index in [1.165, 1.54) is 0 Å². The Labute approximate surface area is 123 Å². The zero-order chi connectivity index (χ0) is 15.4. The zero-order valence-corrected chi connectivity index (χ0v) is 12.6. The van der Waals surface area contributed by atoms with Crippen molar-refractivity contribution >= 4 is 11.1 Å². The van der Waals surface area contributed by atoms with Crippen LogP contribution < -0.4 is 0 Å². The molecule has 1 rings (SSSR count). The second kappa shape index (κ2) is 10.6. The predicted octanol–water partition coefficient (Wildman–Crippen LogP) is 6.22. The summed E-state index contributed by atoms with van der Waals surface area (Å²) in [5.41, 5.74) is 4.32. The Balaban J connectivity index is 0.00000172. The molecule has 20 heavy (non-hydrogen) atoms. The molecular weight excluding hydrogens is 240 g/mol. The van der Waals surface area contributed by atoms with Crippen LogP contribution in [-0.2, 0) is 0 Å². The van der Waals surface area contributed by atoms with Gasteiger partial charge in [-0.05, 0) is 28.3 Å². The van der Waals surface area contributed by atoms with E-state index in [0.29, 0.717) is 0 Å². The average Bonchev–Trinajstić information content (AvgIpc) is 2.52. The summed E-state index contributed by atoms with van der Waals surface area (Å²) in [6.07, 6.45) is 11.1. The highest BCUT2D eigenvalue weighted by Crippen LogP contribution is 2.22. The fourth-order valence-corrected chi connectivity index (χ4v) is 1.70. The van der Waals surface area contributed by atoms with Crippen LogP contribution in [0.15, 0.2) is 87.0 Å². The van der Waals surface area contributed by atoms with Crippen LogP contribution in [0.5, 0.6) is 0 Å². The number of rotatable bonds is 6. The van der Waals surface area contributed by atoms with Gasteiger partial charge in [-0.1, -0.05) is 94.8 Å². The molecular formula is C20H24. The lowest BCUT2D eigenvalue weighted by Crippen LogP contribution is -1.85. The maximum atomic E-state index is 3.82. The van der Waals surface area contributed by atoms with E-state index in [0.717, 1.165) is 22.3 Å². The van der Waals surface area contributed by atoms with Crippen LogP contribution in [-0.4, -0.2) is 0 Å². The Bertz CT molecular complexity index is 479. The molecule has 0 aromatic heterocycles. The van der Waals surface area contributed by atoms with Gasteiger partial charge in [0.25, 0.3) is 0 Å². The van der Waals surface area contributed by atoms with Crippen LogP contribution in [0.1, 0.15) is 25.0 Å². The molecule has 0 spiro atoms. The van der Waals surface area contributed by atoms with Crippen LogP contribution >= 0.6 is 0 Å². The molecule has 0 atom stereocenters. The molecule has 104 valence electrons. The Kier molecular flexibility index (Phi) is 9.33. The standard InChI is InChI=1S/C18H18.C2H6/c1-5-10-15(7-3)17-12-9-13-18(14-17)16(8-4)11-6-2;1-2/h5-14H,1-4H2;1-2H3/b15-10+,16-11+;. The number of hydrogen-bond donors (Lipinski definition) is 0. The van der Waals surface area contributed by atoms with Gasteiger partial charge in [-0.25, -0.2) is 0 Å². The Hall–Kier alpha value is -2.34. The maximum absolute atomic E-state index is 3.82. The SMILES string of the molecule is C=C/C=C(\C=C)c1cccc(/C(C=C)=C/C=C)c1.CC. The topological polar surface area (TPSA) is 0 Å². The summed E-state index contributed by atoms with van der Waals surface area (Å²) in [7, 11) is 0. The van der Waals surface area contributed by atoms with Crippen LogP contribution in [0, 0.1) is 0 Å². The molecule has 1 aromatic rings. The van der Waals surface area contributed by atoms with Gasteiger partial charge in [-0.2, -0.15) is 0 Å². The molecule has 0 nitrogen and oxygen atoms in total. The summed E-state index contributed by atoms with van der Waals surface area (Å²) in [6.45, 7) is 19.1. The fourth-order valence-electron chi connectivity index (χ4n) is 1.70. The Morgan fingerprint density at radius 1 is 0.800 bits per heavy atom. The van der Waals surface area contributed by atoms with E-state index >= 15 is 0 Å². The zero-order valence-electron chi connectivity index (χ0n) is 12.6. The summed E-state index contributed by atoms with van der Waals surface area (Å²) >= 11 is 0. The minimum Gasteiger partial charge on any atom is -0.0990 e. The number of benzene rings is 1. The van der Waals surface area contributed by atoms with Gasteiger partial charge in [0.15, 0.2) is 0 Å². The van der Waals surface area contributed by atoms with Crippen molar-refractivity contribution in [1.82, 2.24) is 0 Å². The molecule has 0 fully saturated rings. The van der Waals surface area contributed by atoms with Gasteiger partial charge in [0.1, 0.15) is 0 Å². The summed E-state index contributed by atoms with van der Waals surface area (Å²) < 4.78 is 0. The highest BCUT2D eigenvalue weighted by molar-refractivity contribution is 5.80. The highest BCUT2D eigenvalue weighted by Gasteiger charge is 2.01. The van der Waals surface area contributed by atoms with E-state index in [2.05, 4.69) is 44.5 Å². The van der Waals surface area contributed by atoms with E-state index < -0.39 is 0 Å². The lowest BCUT2D eigenvalue weighted by Gasteiger charge is -2.06. The first-order chi connectivity index (χ1) is 9.76. The second-order valence-electron chi connectivity index (χ2n) is 3.70. The maximum Gasteiger partial charge on any atom is -0.0178 e. The first-order valence-electron chi connectivity index (χ1n) is 6.78. The summed E-state index contributed by atoms with van der Waals surface area (Å²) in [4.78, 5) is 0. The fraction of sp³-hybridized carbons (Fsp3) is 0.100. The second-order valence-corrected chi connectivity index (χ2v) is 3.70. The van der Waals surface area contributed by atoms with Crippen molar-refractivity contribution in [3.63, 3.8) is 0 Å². The van der Waals surface area contributed by atoms with Crippen molar-refractivity contribution < 1.29 is 0 Å². The lowest BCUT2D eigenvalue weighted by atomic mass is 9.98. The molecule has 1 aromatic carbocycles. The minimum atomic E-state index is 1.05. The minimum absolute atomic E-state index is 1.05. The van der Waals surface area contributed by atoms with Gasteiger partial charge in [0.2, 0.25) is 0 Å². The Morgan fingerprint density at radius 2 is 1.20 bits per heavy atom. The summed E-state index contributed by atoms with van der Waals surface area (Å²) in [5, 5.41) is 0. The first kappa shape index (κ1) is 17.7. The molecule has 0 N–H and O–H groups in total. The van der Waals surface area contributed by atoms with Gasteiger partial charge in [-0.3, -0.25) is 0 Å². The van der Waals surface area contributed by atoms with E-state index in [-0.39, 0.29) is 0 Å². The van der Waals surface area contributed by atoms with Gasteiger partial charge >= 0.3 is 0 Å². The molecule has 0 amide bonds. The van der Waals surface area contributed by atoms with Gasteiger partial charge < -0.3 is 0 Å². The lowest BCUT2D eigenvalue weighted by molar-refractivity contribution is 1.50. The summed E-state index contributed by atoms with van der Waals surface area (Å²) in [6, 6.07) is 8.23. The summed E-state index contributed by atoms with van der Waals surface area (Å²) in [5.74, 6) is 0. The van der Waals surface area contributed by atoms with Gasteiger partial charge in [-0.15, -0.1) is 0 Å². The van der Waals surface area contributed by atoms with E-state index in [1.807, 2.05) is 44.2 Å². The van der Waals surface area contributed by atoms with E-state index in [1.54, 1.807) is 12.2 Å². The first-order valence-corrected chi connectivity index (χ1v) is 6.78. The normalized spacial score (nSPS) is 10.9. The number of hydrogen-bond acceptors (Lipinski definition) is 0. The van der Waals surface area contributed by atoms with E-state index in [4.69, 9.17) is 0 Å². The van der Waals surface area contributed by atoms with Gasteiger partial charge in [0.05, 0.1) is 0 Å². The van der Waals surface area contributed by atoms with Crippen LogP contribution in [0.25, 0.3) is 11.1 Å². The Morgan fingerprint density at radius 3 is 1.50 bits per heavy atom. The molecule has 0 aliphatic rings. The molecule has 0 heteroatoms. The third kappa shape index (κ3) is 5.11. The highest BCUT2D eigenvalue weighted by atomic mass is 14.1. The monoisotopic (exact) mass is 264 g/mol. The smallest absolute Gasteiger partial charge is 0.0178 e. The van der Waals surface area contributed by atoms with Crippen molar-refractivity contribution in [2.45, 2.75) is 13.8 Å². The van der Waals surface area contributed by atoms with Crippen molar-refractivity contribution in [3.8, 4) is 0 Å². The van der Waals surface area contributed by atoms with Crippen molar-refractivity contribution in [1.29, 1.82) is 0 Å². The van der Waals surface area contributed by atoms with Crippen LogP contribution in [0.4, 0.5) is 0 Å². The molecule has 0 saturated heterocycles. The van der Waals surface area contributed by atoms with Crippen LogP contribution in [0.2, 0.25) is 0 Å². The quantitative estimate of drug-likeness (QED) is 0.535. The number of allylic oxidation sites excluding steroid dienone is 8. The van der Waals surface area contributed by atoms with E-state index in [9.17, 15) is 0 Å². The molecule has 0 bridgehead atoms. The molecule has 0 aliphatic carbocycles. The predicted molar refractivity (Wildman–Crippen MR) is 94.5 cm³/mol. The van der Waals surface area contributed by atoms with Crippen molar-refractivity contribution in [2.24, 2.45) is 0 Å². The van der Waals surface area contributed by atoms with Crippen LogP contribution in [0.3, 0.4) is 0 Å². The van der Waals surface area contributed by atoms with Gasteiger partial charge in [0, 0.05) is 0 Å². The average molecular weight is 264 g/mol. The van der Waals surface area contributed by atoms with Crippen molar-refractivity contribution in [2.75, 3.05) is 0 Å². The molecule has 0 unspecified atom stereocenters. The van der Waals surface area contributed by atoms with Crippen molar-refractivity contribution in [3.05, 3.63) is 98.2 Å². The molecule has 0 aliphatic heterocycles. The third-order valence-electron chi connectivity index (χ3n) is 2.56. The molecule has 0 radical (unpaired) electrons. The molecule has 0 saturated carbocycles.